The summed E-state index contributed by atoms with van der Waals surface area (Å²) in [6.07, 6.45) is 4.39. The van der Waals surface area contributed by atoms with Gasteiger partial charge in [-0.2, -0.15) is 0 Å². The van der Waals surface area contributed by atoms with Crippen molar-refractivity contribution in [2.24, 2.45) is 0 Å². The minimum absolute atomic E-state index is 0.00478. The van der Waals surface area contributed by atoms with Crippen LogP contribution in [0.4, 0.5) is 20.4 Å². The van der Waals surface area contributed by atoms with Gasteiger partial charge in [0.1, 0.15) is 11.6 Å². The van der Waals surface area contributed by atoms with Crippen LogP contribution < -0.4 is 15.5 Å². The van der Waals surface area contributed by atoms with Crippen LogP contribution in [0.5, 0.6) is 0 Å². The Kier molecular flexibility index (Phi) is 6.19. The monoisotopic (exact) mass is 497 g/mol. The second-order valence-electron chi connectivity index (χ2n) is 9.26. The zero-order valence-electron chi connectivity index (χ0n) is 19.5. The first-order chi connectivity index (χ1) is 16.8. The summed E-state index contributed by atoms with van der Waals surface area (Å²) in [4.78, 5) is 23.7. The molecule has 35 heavy (non-hydrogen) atoms. The molecule has 0 aliphatic carbocycles. The summed E-state index contributed by atoms with van der Waals surface area (Å²) >= 11 is 6.20. The molecule has 4 heterocycles. The van der Waals surface area contributed by atoms with E-state index < -0.39 is 23.0 Å². The van der Waals surface area contributed by atoms with E-state index in [0.29, 0.717) is 28.9 Å². The number of hydrogen-bond acceptors (Lipinski definition) is 5. The lowest BCUT2D eigenvalue weighted by Gasteiger charge is -2.43. The van der Waals surface area contributed by atoms with Crippen LogP contribution in [0.15, 0.2) is 42.7 Å². The first-order valence-electron chi connectivity index (χ1n) is 11.7. The van der Waals surface area contributed by atoms with Gasteiger partial charge < -0.3 is 10.6 Å². The predicted molar refractivity (Wildman–Crippen MR) is 132 cm³/mol. The maximum absolute atomic E-state index is 15.6. The van der Waals surface area contributed by atoms with Gasteiger partial charge in [-0.05, 0) is 42.7 Å². The number of hydrogen-bond donors (Lipinski definition) is 2. The van der Waals surface area contributed by atoms with E-state index in [2.05, 4.69) is 20.6 Å². The van der Waals surface area contributed by atoms with Crippen molar-refractivity contribution in [3.05, 3.63) is 81.6 Å². The molecule has 1 amide bonds. The van der Waals surface area contributed by atoms with Crippen molar-refractivity contribution >= 4 is 29.1 Å². The van der Waals surface area contributed by atoms with Crippen LogP contribution in [0.1, 0.15) is 47.3 Å². The summed E-state index contributed by atoms with van der Waals surface area (Å²) < 4.78 is 30.3. The molecule has 0 saturated carbocycles. The number of anilines is 2. The highest BCUT2D eigenvalue weighted by molar-refractivity contribution is 6.30. The van der Waals surface area contributed by atoms with E-state index in [0.717, 1.165) is 25.1 Å². The van der Waals surface area contributed by atoms with Gasteiger partial charge in [-0.1, -0.05) is 37.1 Å². The van der Waals surface area contributed by atoms with Gasteiger partial charge in [0.2, 0.25) is 0 Å². The third kappa shape index (κ3) is 3.94. The van der Waals surface area contributed by atoms with Gasteiger partial charge >= 0.3 is 0 Å². The fourth-order valence-corrected chi connectivity index (χ4v) is 5.23. The lowest BCUT2D eigenvalue weighted by Crippen LogP contribution is -2.52. The Labute approximate surface area is 207 Å². The Balaban J connectivity index is 1.77. The molecular formula is C26H26ClF2N5O. The summed E-state index contributed by atoms with van der Waals surface area (Å²) in [5.74, 6) is -1.02. The molecule has 3 aromatic rings. The number of aromatic nitrogens is 2. The molecule has 2 aliphatic rings. The van der Waals surface area contributed by atoms with Gasteiger partial charge in [-0.3, -0.25) is 9.69 Å². The molecule has 2 N–H and O–H groups in total. The van der Waals surface area contributed by atoms with E-state index in [9.17, 15) is 9.18 Å². The van der Waals surface area contributed by atoms with Crippen LogP contribution in [0.2, 0.25) is 5.02 Å². The van der Waals surface area contributed by atoms with E-state index >= 15 is 4.39 Å². The molecule has 0 spiro atoms. The topological polar surface area (TPSA) is 70.2 Å². The summed E-state index contributed by atoms with van der Waals surface area (Å²) in [7, 11) is 0. The number of fused-ring (bicyclic) bond motifs is 1. The third-order valence-corrected chi connectivity index (χ3v) is 7.14. The van der Waals surface area contributed by atoms with Crippen LogP contribution in [-0.4, -0.2) is 41.6 Å². The van der Waals surface area contributed by atoms with Crippen LogP contribution >= 0.6 is 11.6 Å². The Bertz CT molecular complexity index is 1300. The average molecular weight is 498 g/mol. The first-order valence-corrected chi connectivity index (χ1v) is 12.1. The highest BCUT2D eigenvalue weighted by atomic mass is 35.5. The molecule has 1 saturated heterocycles. The number of carbonyl (C=O) groups excluding carboxylic acids is 1. The fraction of sp³-hybridized carbons (Fsp3) is 0.346. The maximum Gasteiger partial charge on any atom is 0.261 e. The number of nitrogens with one attached hydrogen (secondary N) is 2. The van der Waals surface area contributed by atoms with Gasteiger partial charge in [-0.15, -0.1) is 0 Å². The molecule has 0 unspecified atom stereocenters. The molecule has 6 nitrogen and oxygen atoms in total. The SMILES string of the molecule is CCCc1c(NC2CNC2)ncc2c1[C@@](C)(c1cccc(Cl)c1F)CN(c1ncccc1F)C2=O. The number of rotatable bonds is 6. The van der Waals surface area contributed by atoms with Crippen molar-refractivity contribution in [2.75, 3.05) is 29.9 Å². The predicted octanol–water partition coefficient (Wildman–Crippen LogP) is 4.71. The lowest BCUT2D eigenvalue weighted by molar-refractivity contribution is 0.0968. The molecular weight excluding hydrogens is 472 g/mol. The number of halogens is 3. The Morgan fingerprint density at radius 2 is 2.03 bits per heavy atom. The zero-order chi connectivity index (χ0) is 24.7. The summed E-state index contributed by atoms with van der Waals surface area (Å²) in [5.41, 5.74) is 1.17. The largest absolute Gasteiger partial charge is 0.365 e. The second kappa shape index (κ2) is 9.17. The molecule has 0 bridgehead atoms. The quantitative estimate of drug-likeness (QED) is 0.516. The van der Waals surface area contributed by atoms with E-state index in [1.807, 2.05) is 13.8 Å². The van der Waals surface area contributed by atoms with Gasteiger partial charge in [0.25, 0.3) is 5.91 Å². The van der Waals surface area contributed by atoms with Crippen LogP contribution in [0.3, 0.4) is 0 Å². The minimum atomic E-state index is -1.04. The molecule has 1 fully saturated rings. The molecule has 9 heteroatoms. The van der Waals surface area contributed by atoms with E-state index in [1.165, 1.54) is 35.5 Å². The van der Waals surface area contributed by atoms with E-state index in [1.54, 1.807) is 12.1 Å². The lowest BCUT2D eigenvalue weighted by atomic mass is 9.69. The van der Waals surface area contributed by atoms with Crippen molar-refractivity contribution in [2.45, 2.75) is 38.1 Å². The third-order valence-electron chi connectivity index (χ3n) is 6.84. The van der Waals surface area contributed by atoms with Crippen LogP contribution in [-0.2, 0) is 11.8 Å². The van der Waals surface area contributed by atoms with Crippen molar-refractivity contribution in [1.82, 2.24) is 15.3 Å². The Morgan fingerprint density at radius 3 is 2.71 bits per heavy atom. The van der Waals surface area contributed by atoms with E-state index in [-0.39, 0.29) is 23.4 Å². The highest BCUT2D eigenvalue weighted by Crippen LogP contribution is 2.45. The molecule has 2 aliphatic heterocycles. The normalized spacial score (nSPS) is 19.9. The Morgan fingerprint density at radius 1 is 1.23 bits per heavy atom. The standard InChI is InChI=1S/C26H26ClF2N5O/c1-3-6-16-21-17(13-32-23(16)33-15-11-30-12-15)25(35)34(24-20(28)9-5-10-31-24)14-26(21,2)18-7-4-8-19(27)22(18)29/h4-5,7-10,13,15,30H,3,6,11-12,14H2,1-2H3,(H,32,33)/t26-/m1/s1. The minimum Gasteiger partial charge on any atom is -0.365 e. The van der Waals surface area contributed by atoms with Crippen molar-refractivity contribution < 1.29 is 13.6 Å². The van der Waals surface area contributed by atoms with Gasteiger partial charge in [0.05, 0.1) is 16.6 Å². The second-order valence-corrected chi connectivity index (χ2v) is 9.66. The van der Waals surface area contributed by atoms with Crippen molar-refractivity contribution in [3.8, 4) is 0 Å². The fourth-order valence-electron chi connectivity index (χ4n) is 5.06. The Hall–Kier alpha value is -3.10. The molecule has 0 radical (unpaired) electrons. The average Bonchev–Trinajstić information content (AvgIpc) is 2.81. The molecule has 182 valence electrons. The van der Waals surface area contributed by atoms with Gasteiger partial charge in [0, 0.05) is 43.0 Å². The molecule has 1 atom stereocenters. The molecule has 1 aromatic carbocycles. The smallest absolute Gasteiger partial charge is 0.261 e. The van der Waals surface area contributed by atoms with E-state index in [4.69, 9.17) is 11.6 Å². The maximum atomic E-state index is 15.6. The summed E-state index contributed by atoms with van der Waals surface area (Å²) in [5, 5.41) is 6.69. The van der Waals surface area contributed by atoms with Crippen molar-refractivity contribution in [3.63, 3.8) is 0 Å². The van der Waals surface area contributed by atoms with Crippen molar-refractivity contribution in [1.29, 1.82) is 0 Å². The highest BCUT2D eigenvalue weighted by Gasteiger charge is 2.46. The van der Waals surface area contributed by atoms with Crippen LogP contribution in [0.25, 0.3) is 0 Å². The molecule has 2 aromatic heterocycles. The van der Waals surface area contributed by atoms with Gasteiger partial charge in [-0.25, -0.2) is 18.7 Å². The number of carbonyl (C=O) groups is 1. The van der Waals surface area contributed by atoms with Gasteiger partial charge in [0.15, 0.2) is 11.6 Å². The number of amides is 1. The van der Waals surface area contributed by atoms with Crippen LogP contribution in [0, 0.1) is 11.6 Å². The number of benzene rings is 1. The number of pyridine rings is 2. The summed E-state index contributed by atoms with van der Waals surface area (Å²) in [6, 6.07) is 7.79. The first kappa shape index (κ1) is 23.6. The zero-order valence-corrected chi connectivity index (χ0v) is 20.3. The molecule has 5 rings (SSSR count). The number of nitrogens with zero attached hydrogens (tertiary/aromatic N) is 3. The summed E-state index contributed by atoms with van der Waals surface area (Å²) in [6.45, 7) is 5.54.